The summed E-state index contributed by atoms with van der Waals surface area (Å²) in [4.78, 5) is 19.8. The highest BCUT2D eigenvalue weighted by Gasteiger charge is 2.26. The Morgan fingerprint density at radius 2 is 2.00 bits per heavy atom. The van der Waals surface area contributed by atoms with Crippen molar-refractivity contribution in [1.29, 1.82) is 0 Å². The van der Waals surface area contributed by atoms with Crippen LogP contribution in [0.15, 0.2) is 23.6 Å². The molecule has 30 heavy (non-hydrogen) atoms. The molecule has 1 atom stereocenters. The second kappa shape index (κ2) is 10.3. The average Bonchev–Trinajstić information content (AvgIpc) is 3.12. The Kier molecular flexibility index (Phi) is 7.72. The zero-order valence-corrected chi connectivity index (χ0v) is 19.4. The number of ether oxygens (including phenoxy) is 2. The third-order valence-corrected chi connectivity index (χ3v) is 6.24. The van der Waals surface area contributed by atoms with Crippen LogP contribution in [0.25, 0.3) is 0 Å². The molecule has 0 aliphatic carbocycles. The van der Waals surface area contributed by atoms with Gasteiger partial charge in [-0.1, -0.05) is 6.07 Å². The minimum Gasteiger partial charge on any atom is -0.493 e. The number of carbonyl (C=O) groups is 1. The topological polar surface area (TPSA) is 63.7 Å². The average molecular weight is 432 g/mol. The molecule has 2 aromatic rings. The van der Waals surface area contributed by atoms with Crippen LogP contribution in [0, 0.1) is 12.8 Å². The molecule has 1 fully saturated rings. The van der Waals surface area contributed by atoms with E-state index in [-0.39, 0.29) is 24.0 Å². The molecule has 1 N–H and O–H groups in total. The van der Waals surface area contributed by atoms with E-state index >= 15 is 0 Å². The highest BCUT2D eigenvalue weighted by molar-refractivity contribution is 7.09. The van der Waals surface area contributed by atoms with Gasteiger partial charge in [-0.15, -0.1) is 11.3 Å². The van der Waals surface area contributed by atoms with E-state index in [0.717, 1.165) is 54.5 Å². The summed E-state index contributed by atoms with van der Waals surface area (Å²) < 4.78 is 11.3. The van der Waals surface area contributed by atoms with Gasteiger partial charge in [-0.3, -0.25) is 9.69 Å². The minimum absolute atomic E-state index is 0.0614. The lowest BCUT2D eigenvalue weighted by Gasteiger charge is -2.31. The Bertz CT molecular complexity index is 844. The van der Waals surface area contributed by atoms with E-state index in [2.05, 4.69) is 20.6 Å². The van der Waals surface area contributed by atoms with Gasteiger partial charge in [0.2, 0.25) is 5.91 Å². The highest BCUT2D eigenvalue weighted by atomic mass is 32.1. The van der Waals surface area contributed by atoms with Gasteiger partial charge in [0.15, 0.2) is 11.5 Å². The van der Waals surface area contributed by atoms with Gasteiger partial charge in [-0.25, -0.2) is 4.98 Å². The maximum atomic E-state index is 12.8. The Balaban J connectivity index is 1.52. The standard InChI is InChI=1S/C23H33N3O3S/c1-15(2)29-21-7-6-19(12-22(21)28-5)16(3)24-23(27)18-8-10-26(11-9-18)13-20-14-30-17(4)25-20/h6-7,12,14-16,18H,8-11,13H2,1-5H3,(H,24,27). The molecule has 2 heterocycles. The largest absolute Gasteiger partial charge is 0.493 e. The van der Waals surface area contributed by atoms with Crippen molar-refractivity contribution in [3.05, 3.63) is 39.8 Å². The molecule has 1 unspecified atom stereocenters. The van der Waals surface area contributed by atoms with Crippen molar-refractivity contribution in [2.75, 3.05) is 20.2 Å². The third kappa shape index (κ3) is 5.95. The number of hydrogen-bond donors (Lipinski definition) is 1. The number of methoxy groups -OCH3 is 1. The normalized spacial score (nSPS) is 16.5. The quantitative estimate of drug-likeness (QED) is 0.674. The monoisotopic (exact) mass is 431 g/mol. The molecular weight excluding hydrogens is 398 g/mol. The van der Waals surface area contributed by atoms with Gasteiger partial charge in [0.1, 0.15) is 0 Å². The summed E-state index contributed by atoms with van der Waals surface area (Å²) in [7, 11) is 1.64. The molecule has 0 saturated carbocycles. The third-order valence-electron chi connectivity index (χ3n) is 5.42. The Hall–Kier alpha value is -2.12. The van der Waals surface area contributed by atoms with Crippen LogP contribution in [-0.4, -0.2) is 42.1 Å². The van der Waals surface area contributed by atoms with Gasteiger partial charge < -0.3 is 14.8 Å². The van der Waals surface area contributed by atoms with E-state index < -0.39 is 0 Å². The molecule has 0 bridgehead atoms. The van der Waals surface area contributed by atoms with E-state index in [1.807, 2.05) is 45.9 Å². The molecule has 0 spiro atoms. The number of aromatic nitrogens is 1. The SMILES string of the molecule is COc1cc(C(C)NC(=O)C2CCN(Cc3csc(C)n3)CC2)ccc1OC(C)C. The van der Waals surface area contributed by atoms with E-state index in [9.17, 15) is 4.79 Å². The zero-order valence-electron chi connectivity index (χ0n) is 18.6. The Morgan fingerprint density at radius 1 is 1.27 bits per heavy atom. The van der Waals surface area contributed by atoms with Crippen LogP contribution < -0.4 is 14.8 Å². The second-order valence-electron chi connectivity index (χ2n) is 8.22. The molecule has 1 amide bonds. The van der Waals surface area contributed by atoms with E-state index in [0.29, 0.717) is 5.75 Å². The number of nitrogens with one attached hydrogen (secondary N) is 1. The summed E-state index contributed by atoms with van der Waals surface area (Å²) in [6, 6.07) is 5.76. The van der Waals surface area contributed by atoms with Crippen LogP contribution in [0.4, 0.5) is 0 Å². The lowest BCUT2D eigenvalue weighted by atomic mass is 9.95. The fourth-order valence-corrected chi connectivity index (χ4v) is 4.39. The number of aryl methyl sites for hydroxylation is 1. The Morgan fingerprint density at radius 3 is 2.60 bits per heavy atom. The summed E-state index contributed by atoms with van der Waals surface area (Å²) >= 11 is 1.69. The predicted molar refractivity (Wildman–Crippen MR) is 120 cm³/mol. The summed E-state index contributed by atoms with van der Waals surface area (Å²) in [5.74, 6) is 1.60. The van der Waals surface area contributed by atoms with Crippen molar-refractivity contribution < 1.29 is 14.3 Å². The highest BCUT2D eigenvalue weighted by Crippen LogP contribution is 2.31. The summed E-state index contributed by atoms with van der Waals surface area (Å²) in [5, 5.41) is 6.41. The first-order chi connectivity index (χ1) is 14.4. The first-order valence-electron chi connectivity index (χ1n) is 10.6. The number of likely N-dealkylation sites (tertiary alicyclic amines) is 1. The number of nitrogens with zero attached hydrogens (tertiary/aromatic N) is 2. The van der Waals surface area contributed by atoms with Gasteiger partial charge in [0.05, 0.1) is 30.0 Å². The van der Waals surface area contributed by atoms with Crippen molar-refractivity contribution in [2.45, 2.75) is 59.2 Å². The van der Waals surface area contributed by atoms with Crippen LogP contribution in [0.1, 0.15) is 55.9 Å². The van der Waals surface area contributed by atoms with Gasteiger partial charge in [0.25, 0.3) is 0 Å². The van der Waals surface area contributed by atoms with Crippen LogP contribution >= 0.6 is 11.3 Å². The maximum absolute atomic E-state index is 12.8. The smallest absolute Gasteiger partial charge is 0.223 e. The van der Waals surface area contributed by atoms with Crippen molar-refractivity contribution in [2.24, 2.45) is 5.92 Å². The van der Waals surface area contributed by atoms with Crippen molar-refractivity contribution in [3.63, 3.8) is 0 Å². The van der Waals surface area contributed by atoms with E-state index in [1.165, 1.54) is 0 Å². The molecule has 1 aliphatic heterocycles. The lowest BCUT2D eigenvalue weighted by molar-refractivity contribution is -0.127. The van der Waals surface area contributed by atoms with Crippen LogP contribution in [0.5, 0.6) is 11.5 Å². The van der Waals surface area contributed by atoms with Gasteiger partial charge in [-0.2, -0.15) is 0 Å². The zero-order chi connectivity index (χ0) is 21.7. The molecule has 3 rings (SSSR count). The molecule has 0 radical (unpaired) electrons. The number of piperidine rings is 1. The molecule has 7 heteroatoms. The summed E-state index contributed by atoms with van der Waals surface area (Å²) in [6.45, 7) is 10.7. The number of thiazole rings is 1. The van der Waals surface area contributed by atoms with E-state index in [1.54, 1.807) is 18.4 Å². The first-order valence-corrected chi connectivity index (χ1v) is 11.5. The fraction of sp³-hybridized carbons (Fsp3) is 0.565. The van der Waals surface area contributed by atoms with Crippen molar-refractivity contribution >= 4 is 17.2 Å². The van der Waals surface area contributed by atoms with Gasteiger partial charge in [0, 0.05) is 17.8 Å². The van der Waals surface area contributed by atoms with Crippen molar-refractivity contribution in [3.8, 4) is 11.5 Å². The van der Waals surface area contributed by atoms with Crippen LogP contribution in [0.2, 0.25) is 0 Å². The first kappa shape index (κ1) is 22.6. The van der Waals surface area contributed by atoms with Gasteiger partial charge >= 0.3 is 0 Å². The number of amides is 1. The van der Waals surface area contributed by atoms with Crippen molar-refractivity contribution in [1.82, 2.24) is 15.2 Å². The van der Waals surface area contributed by atoms with E-state index in [4.69, 9.17) is 9.47 Å². The summed E-state index contributed by atoms with van der Waals surface area (Å²) in [5.41, 5.74) is 2.14. The number of rotatable bonds is 8. The molecule has 1 saturated heterocycles. The fourth-order valence-electron chi connectivity index (χ4n) is 3.78. The molecule has 1 aromatic heterocycles. The molecule has 1 aliphatic rings. The number of hydrogen-bond acceptors (Lipinski definition) is 6. The molecule has 6 nitrogen and oxygen atoms in total. The van der Waals surface area contributed by atoms with Crippen LogP contribution in [-0.2, 0) is 11.3 Å². The second-order valence-corrected chi connectivity index (χ2v) is 9.28. The minimum atomic E-state index is -0.0875. The molecule has 164 valence electrons. The number of carbonyl (C=O) groups excluding carboxylic acids is 1. The maximum Gasteiger partial charge on any atom is 0.223 e. The predicted octanol–water partition coefficient (Wildman–Crippen LogP) is 4.34. The number of benzene rings is 1. The van der Waals surface area contributed by atoms with Gasteiger partial charge in [-0.05, 0) is 71.3 Å². The lowest BCUT2D eigenvalue weighted by Crippen LogP contribution is -2.40. The van der Waals surface area contributed by atoms with Crippen LogP contribution in [0.3, 0.4) is 0 Å². The summed E-state index contributed by atoms with van der Waals surface area (Å²) in [6.07, 6.45) is 1.84. The molecular formula is C23H33N3O3S. The molecule has 1 aromatic carbocycles. The Labute approximate surface area is 183 Å².